The van der Waals surface area contributed by atoms with E-state index < -0.39 is 11.7 Å². The van der Waals surface area contributed by atoms with Crippen LogP contribution in [0.25, 0.3) is 16.2 Å². The number of thiazole rings is 1. The third-order valence-corrected chi connectivity index (χ3v) is 3.95. The number of imidazole rings is 1. The van der Waals surface area contributed by atoms with Crippen molar-refractivity contribution in [2.45, 2.75) is 6.18 Å². The third kappa shape index (κ3) is 2.35. The first-order chi connectivity index (χ1) is 10.4. The lowest BCUT2D eigenvalue weighted by molar-refractivity contribution is -0.137. The Morgan fingerprint density at radius 2 is 1.95 bits per heavy atom. The maximum atomic E-state index is 12.6. The smallest absolute Gasteiger partial charge is 0.354 e. The van der Waals surface area contributed by atoms with Crippen LogP contribution in [0, 0.1) is 0 Å². The van der Waals surface area contributed by atoms with Gasteiger partial charge in [-0.3, -0.25) is 9.20 Å². The lowest BCUT2D eigenvalue weighted by Gasteiger charge is -2.08. The van der Waals surface area contributed by atoms with Crippen molar-refractivity contribution in [2.24, 2.45) is 0 Å². The monoisotopic (exact) mass is 325 g/mol. The van der Waals surface area contributed by atoms with E-state index in [1.54, 1.807) is 16.0 Å². The van der Waals surface area contributed by atoms with Gasteiger partial charge in [0.15, 0.2) is 10.7 Å². The SMILES string of the molecule is CNC(=O)c1nc2sccn2c1-c1ccc(C(F)(F)F)cc1. The van der Waals surface area contributed by atoms with Crippen molar-refractivity contribution in [1.29, 1.82) is 0 Å². The zero-order valence-corrected chi connectivity index (χ0v) is 12.1. The molecule has 1 N–H and O–H groups in total. The standard InChI is InChI=1S/C14H10F3N3OS/c1-18-12(21)10-11(20-6-7-22-13(20)19-10)8-2-4-9(5-3-8)14(15,16)17/h2-7H,1H3,(H,18,21). The first-order valence-corrected chi connectivity index (χ1v) is 7.15. The Labute approximate surface area is 127 Å². The molecule has 0 aliphatic heterocycles. The van der Waals surface area contributed by atoms with E-state index in [9.17, 15) is 18.0 Å². The number of benzene rings is 1. The van der Waals surface area contributed by atoms with Gasteiger partial charge in [0, 0.05) is 24.2 Å². The molecule has 0 bridgehead atoms. The Morgan fingerprint density at radius 3 is 2.55 bits per heavy atom. The Morgan fingerprint density at radius 1 is 1.27 bits per heavy atom. The zero-order chi connectivity index (χ0) is 15.9. The number of rotatable bonds is 2. The van der Waals surface area contributed by atoms with Gasteiger partial charge in [0.25, 0.3) is 5.91 Å². The highest BCUT2D eigenvalue weighted by Crippen LogP contribution is 2.32. The summed E-state index contributed by atoms with van der Waals surface area (Å²) >= 11 is 1.34. The van der Waals surface area contributed by atoms with Crippen molar-refractivity contribution < 1.29 is 18.0 Å². The summed E-state index contributed by atoms with van der Waals surface area (Å²) in [6.45, 7) is 0. The summed E-state index contributed by atoms with van der Waals surface area (Å²) in [7, 11) is 1.48. The Bertz CT molecular complexity index is 833. The topological polar surface area (TPSA) is 46.4 Å². The molecular formula is C14H10F3N3OS. The molecule has 0 spiro atoms. The predicted octanol–water partition coefficient (Wildman–Crippen LogP) is 3.44. The molecule has 0 aliphatic rings. The fourth-order valence-electron chi connectivity index (χ4n) is 2.16. The summed E-state index contributed by atoms with van der Waals surface area (Å²) in [4.78, 5) is 16.8. The molecule has 22 heavy (non-hydrogen) atoms. The number of amides is 1. The van der Waals surface area contributed by atoms with E-state index in [4.69, 9.17) is 0 Å². The summed E-state index contributed by atoms with van der Waals surface area (Å²) < 4.78 is 39.6. The van der Waals surface area contributed by atoms with Crippen molar-refractivity contribution in [3.05, 3.63) is 47.1 Å². The zero-order valence-electron chi connectivity index (χ0n) is 11.3. The molecule has 4 nitrogen and oxygen atoms in total. The molecule has 1 amide bonds. The molecular weight excluding hydrogens is 315 g/mol. The first-order valence-electron chi connectivity index (χ1n) is 6.27. The maximum Gasteiger partial charge on any atom is 0.416 e. The first kappa shape index (κ1) is 14.6. The van der Waals surface area contributed by atoms with Crippen LogP contribution in [0.2, 0.25) is 0 Å². The summed E-state index contributed by atoms with van der Waals surface area (Å²) in [6, 6.07) is 4.68. The highest BCUT2D eigenvalue weighted by Gasteiger charge is 2.30. The molecule has 3 rings (SSSR count). The summed E-state index contributed by atoms with van der Waals surface area (Å²) in [5.41, 5.74) is 0.430. The Hall–Kier alpha value is -2.35. The molecule has 0 radical (unpaired) electrons. The van der Waals surface area contributed by atoms with Crippen LogP contribution in [0.1, 0.15) is 16.1 Å². The van der Waals surface area contributed by atoms with Crippen LogP contribution in [0.4, 0.5) is 13.2 Å². The average molecular weight is 325 g/mol. The molecule has 0 aliphatic carbocycles. The molecule has 8 heteroatoms. The Balaban J connectivity index is 2.16. The van der Waals surface area contributed by atoms with E-state index in [1.165, 1.54) is 30.5 Å². The van der Waals surface area contributed by atoms with Crippen molar-refractivity contribution in [2.75, 3.05) is 7.05 Å². The van der Waals surface area contributed by atoms with Crippen LogP contribution in [0.3, 0.4) is 0 Å². The molecule has 3 aromatic rings. The maximum absolute atomic E-state index is 12.6. The fourth-order valence-corrected chi connectivity index (χ4v) is 2.87. The minimum atomic E-state index is -4.39. The molecule has 0 saturated carbocycles. The number of carbonyl (C=O) groups is 1. The number of nitrogens with one attached hydrogen (secondary N) is 1. The highest BCUT2D eigenvalue weighted by atomic mass is 32.1. The van der Waals surface area contributed by atoms with E-state index in [-0.39, 0.29) is 11.6 Å². The van der Waals surface area contributed by atoms with Crippen LogP contribution in [0.5, 0.6) is 0 Å². The van der Waals surface area contributed by atoms with Crippen LogP contribution in [0.15, 0.2) is 35.8 Å². The van der Waals surface area contributed by atoms with Crippen molar-refractivity contribution in [3.8, 4) is 11.3 Å². The van der Waals surface area contributed by atoms with Gasteiger partial charge in [0.2, 0.25) is 0 Å². The second-order valence-corrected chi connectivity index (χ2v) is 5.39. The van der Waals surface area contributed by atoms with Gasteiger partial charge in [-0.1, -0.05) is 12.1 Å². The normalized spacial score (nSPS) is 11.8. The van der Waals surface area contributed by atoms with Crippen LogP contribution >= 0.6 is 11.3 Å². The summed E-state index contributed by atoms with van der Waals surface area (Å²) in [5, 5.41) is 4.28. The second-order valence-electron chi connectivity index (χ2n) is 4.52. The van der Waals surface area contributed by atoms with Crippen LogP contribution in [-0.4, -0.2) is 22.3 Å². The highest BCUT2D eigenvalue weighted by molar-refractivity contribution is 7.15. The lowest BCUT2D eigenvalue weighted by atomic mass is 10.1. The second kappa shape index (κ2) is 5.13. The third-order valence-electron chi connectivity index (χ3n) is 3.19. The average Bonchev–Trinajstić information content (AvgIpc) is 3.06. The molecule has 0 saturated heterocycles. The van der Waals surface area contributed by atoms with Gasteiger partial charge in [-0.25, -0.2) is 4.98 Å². The van der Waals surface area contributed by atoms with E-state index in [0.29, 0.717) is 16.2 Å². The van der Waals surface area contributed by atoms with Gasteiger partial charge in [0.05, 0.1) is 11.3 Å². The largest absolute Gasteiger partial charge is 0.416 e. The molecule has 0 unspecified atom stereocenters. The molecule has 0 atom stereocenters. The minimum absolute atomic E-state index is 0.189. The van der Waals surface area contributed by atoms with Crippen LogP contribution < -0.4 is 5.32 Å². The molecule has 0 fully saturated rings. The van der Waals surface area contributed by atoms with Gasteiger partial charge in [0.1, 0.15) is 0 Å². The molecule has 114 valence electrons. The van der Waals surface area contributed by atoms with E-state index in [1.807, 2.05) is 0 Å². The minimum Gasteiger partial charge on any atom is -0.354 e. The number of hydrogen-bond acceptors (Lipinski definition) is 3. The van der Waals surface area contributed by atoms with Gasteiger partial charge in [-0.2, -0.15) is 13.2 Å². The number of halogens is 3. The van der Waals surface area contributed by atoms with Gasteiger partial charge >= 0.3 is 6.18 Å². The lowest BCUT2D eigenvalue weighted by Crippen LogP contribution is -2.19. The van der Waals surface area contributed by atoms with E-state index in [2.05, 4.69) is 10.3 Å². The van der Waals surface area contributed by atoms with Crippen molar-refractivity contribution in [1.82, 2.24) is 14.7 Å². The number of hydrogen-bond donors (Lipinski definition) is 1. The molecule has 2 heterocycles. The fraction of sp³-hybridized carbons (Fsp3) is 0.143. The molecule has 2 aromatic heterocycles. The predicted molar refractivity (Wildman–Crippen MR) is 76.9 cm³/mol. The van der Waals surface area contributed by atoms with E-state index >= 15 is 0 Å². The van der Waals surface area contributed by atoms with Crippen molar-refractivity contribution in [3.63, 3.8) is 0 Å². The van der Waals surface area contributed by atoms with Crippen LogP contribution in [-0.2, 0) is 6.18 Å². The number of fused-ring (bicyclic) bond motifs is 1. The van der Waals surface area contributed by atoms with Gasteiger partial charge in [-0.05, 0) is 12.1 Å². The number of carbonyl (C=O) groups excluding carboxylic acids is 1. The summed E-state index contributed by atoms with van der Waals surface area (Å²) in [5.74, 6) is -0.384. The number of nitrogens with zero attached hydrogens (tertiary/aromatic N) is 2. The Kier molecular flexibility index (Phi) is 3.40. The summed E-state index contributed by atoms with van der Waals surface area (Å²) in [6.07, 6.45) is -2.66. The quantitative estimate of drug-likeness (QED) is 0.784. The van der Waals surface area contributed by atoms with Gasteiger partial charge in [-0.15, -0.1) is 11.3 Å². The number of aromatic nitrogens is 2. The van der Waals surface area contributed by atoms with Crippen molar-refractivity contribution >= 4 is 22.2 Å². The number of alkyl halides is 3. The molecule has 1 aromatic carbocycles. The van der Waals surface area contributed by atoms with Gasteiger partial charge < -0.3 is 5.32 Å². The van der Waals surface area contributed by atoms with E-state index in [0.717, 1.165) is 12.1 Å².